The van der Waals surface area contributed by atoms with Crippen LogP contribution in [0.2, 0.25) is 5.02 Å². The van der Waals surface area contributed by atoms with Gasteiger partial charge >= 0.3 is 0 Å². The molecule has 0 atom stereocenters. The van der Waals surface area contributed by atoms with Crippen molar-refractivity contribution in [2.45, 2.75) is 11.8 Å². The highest BCUT2D eigenvalue weighted by molar-refractivity contribution is 7.99. The van der Waals surface area contributed by atoms with E-state index in [9.17, 15) is 9.18 Å². The summed E-state index contributed by atoms with van der Waals surface area (Å²) < 4.78 is 21.3. The first-order chi connectivity index (χ1) is 15.6. The SMILES string of the molecule is O=C(CSc1nnc(COc2ccccc2F)n1-c1ccccc1)Nc1ccc(Cl)cn1. The number of pyridine rings is 1. The second kappa shape index (κ2) is 10.3. The van der Waals surface area contributed by atoms with Gasteiger partial charge in [-0.3, -0.25) is 9.36 Å². The Morgan fingerprint density at radius 3 is 2.59 bits per heavy atom. The van der Waals surface area contributed by atoms with Crippen molar-refractivity contribution in [1.82, 2.24) is 19.7 Å². The van der Waals surface area contributed by atoms with Gasteiger partial charge in [0, 0.05) is 11.9 Å². The van der Waals surface area contributed by atoms with Gasteiger partial charge in [-0.2, -0.15) is 0 Å². The Morgan fingerprint density at radius 1 is 1.06 bits per heavy atom. The van der Waals surface area contributed by atoms with E-state index in [0.717, 1.165) is 5.69 Å². The molecule has 4 rings (SSSR count). The van der Waals surface area contributed by atoms with Gasteiger partial charge in [0.25, 0.3) is 0 Å². The first kappa shape index (κ1) is 21.8. The maximum Gasteiger partial charge on any atom is 0.236 e. The molecule has 1 N–H and O–H groups in total. The average molecular weight is 470 g/mol. The maximum atomic E-state index is 13.9. The molecule has 32 heavy (non-hydrogen) atoms. The molecule has 0 saturated carbocycles. The van der Waals surface area contributed by atoms with E-state index in [1.54, 1.807) is 34.9 Å². The number of thioether (sulfide) groups is 1. The molecule has 0 unspecified atom stereocenters. The van der Waals surface area contributed by atoms with Crippen LogP contribution in [-0.2, 0) is 11.4 Å². The molecule has 0 radical (unpaired) electrons. The molecule has 2 aromatic carbocycles. The Balaban J connectivity index is 1.49. The van der Waals surface area contributed by atoms with Crippen molar-refractivity contribution in [3.63, 3.8) is 0 Å². The van der Waals surface area contributed by atoms with E-state index in [1.165, 1.54) is 24.0 Å². The fourth-order valence-corrected chi connectivity index (χ4v) is 3.67. The van der Waals surface area contributed by atoms with E-state index in [4.69, 9.17) is 16.3 Å². The number of anilines is 1. The summed E-state index contributed by atoms with van der Waals surface area (Å²) >= 11 is 7.02. The number of carbonyl (C=O) groups is 1. The molecule has 4 aromatic rings. The number of carbonyl (C=O) groups excluding carboxylic acids is 1. The third kappa shape index (κ3) is 5.43. The number of halogens is 2. The molecule has 7 nitrogen and oxygen atoms in total. The Kier molecular flexibility index (Phi) is 6.98. The zero-order valence-electron chi connectivity index (χ0n) is 16.6. The normalized spacial score (nSPS) is 10.7. The smallest absolute Gasteiger partial charge is 0.236 e. The molecule has 0 spiro atoms. The van der Waals surface area contributed by atoms with Crippen molar-refractivity contribution in [3.8, 4) is 11.4 Å². The largest absolute Gasteiger partial charge is 0.483 e. The average Bonchev–Trinajstić information content (AvgIpc) is 3.22. The van der Waals surface area contributed by atoms with Crippen LogP contribution in [0.25, 0.3) is 5.69 Å². The minimum Gasteiger partial charge on any atom is -0.483 e. The number of amides is 1. The summed E-state index contributed by atoms with van der Waals surface area (Å²) in [7, 11) is 0. The van der Waals surface area contributed by atoms with Gasteiger partial charge in [-0.15, -0.1) is 10.2 Å². The van der Waals surface area contributed by atoms with Crippen LogP contribution in [0.1, 0.15) is 5.82 Å². The number of aromatic nitrogens is 4. The minimum atomic E-state index is -0.458. The monoisotopic (exact) mass is 469 g/mol. The number of hydrogen-bond acceptors (Lipinski definition) is 6. The van der Waals surface area contributed by atoms with E-state index in [0.29, 0.717) is 21.8 Å². The lowest BCUT2D eigenvalue weighted by Crippen LogP contribution is -2.15. The molecule has 0 fully saturated rings. The van der Waals surface area contributed by atoms with Crippen molar-refractivity contribution in [1.29, 1.82) is 0 Å². The van der Waals surface area contributed by atoms with Crippen LogP contribution in [0.5, 0.6) is 5.75 Å². The Bertz CT molecular complexity index is 1200. The molecular weight excluding hydrogens is 453 g/mol. The predicted octanol–water partition coefficient (Wildman–Crippen LogP) is 4.76. The third-order valence-electron chi connectivity index (χ3n) is 4.24. The summed E-state index contributed by atoms with van der Waals surface area (Å²) in [4.78, 5) is 16.4. The molecule has 0 saturated heterocycles. The number of rotatable bonds is 8. The lowest BCUT2D eigenvalue weighted by atomic mass is 10.3. The summed E-state index contributed by atoms with van der Waals surface area (Å²) in [5, 5.41) is 12.1. The van der Waals surface area contributed by atoms with Crippen LogP contribution in [0.3, 0.4) is 0 Å². The number of benzene rings is 2. The van der Waals surface area contributed by atoms with Gasteiger partial charge in [0.15, 0.2) is 22.5 Å². The van der Waals surface area contributed by atoms with Crippen LogP contribution in [0, 0.1) is 5.82 Å². The second-order valence-electron chi connectivity index (χ2n) is 6.49. The van der Waals surface area contributed by atoms with Gasteiger partial charge in [0.2, 0.25) is 5.91 Å². The van der Waals surface area contributed by atoms with Gasteiger partial charge in [0.1, 0.15) is 12.4 Å². The number of nitrogens with zero attached hydrogens (tertiary/aromatic N) is 4. The molecule has 1 amide bonds. The zero-order chi connectivity index (χ0) is 22.3. The quantitative estimate of drug-likeness (QED) is 0.374. The summed E-state index contributed by atoms with van der Waals surface area (Å²) in [5.74, 6) is 0.380. The Hall–Kier alpha value is -3.43. The first-order valence-electron chi connectivity index (χ1n) is 9.51. The van der Waals surface area contributed by atoms with Crippen LogP contribution in [0.15, 0.2) is 78.1 Å². The number of hydrogen-bond donors (Lipinski definition) is 1. The van der Waals surface area contributed by atoms with Crippen LogP contribution < -0.4 is 10.1 Å². The number of para-hydroxylation sites is 2. The molecule has 2 heterocycles. The number of nitrogens with one attached hydrogen (secondary N) is 1. The molecule has 0 bridgehead atoms. The third-order valence-corrected chi connectivity index (χ3v) is 5.39. The second-order valence-corrected chi connectivity index (χ2v) is 7.87. The first-order valence-corrected chi connectivity index (χ1v) is 10.9. The van der Waals surface area contributed by atoms with Gasteiger partial charge < -0.3 is 10.1 Å². The molecule has 0 aliphatic heterocycles. The number of ether oxygens (including phenoxy) is 1. The van der Waals surface area contributed by atoms with Crippen molar-refractivity contribution < 1.29 is 13.9 Å². The fraction of sp³-hybridized carbons (Fsp3) is 0.0909. The van der Waals surface area contributed by atoms with E-state index in [2.05, 4.69) is 20.5 Å². The molecule has 0 aliphatic carbocycles. The minimum absolute atomic E-state index is 0.00424. The van der Waals surface area contributed by atoms with Gasteiger partial charge in [-0.05, 0) is 36.4 Å². The van der Waals surface area contributed by atoms with Gasteiger partial charge in [-0.25, -0.2) is 9.37 Å². The standard InChI is InChI=1S/C22H17ClFN5O2S/c23-15-10-11-19(25-12-15)26-21(30)14-32-22-28-27-20(29(22)16-6-2-1-3-7-16)13-31-18-9-5-4-8-17(18)24/h1-12H,13-14H2,(H,25,26,30). The molecule has 10 heteroatoms. The van der Waals surface area contributed by atoms with E-state index >= 15 is 0 Å². The summed E-state index contributed by atoms with van der Waals surface area (Å²) in [6.45, 7) is 0.00424. The summed E-state index contributed by atoms with van der Waals surface area (Å²) in [6.07, 6.45) is 1.46. The van der Waals surface area contributed by atoms with Crippen molar-refractivity contribution in [3.05, 3.63) is 89.6 Å². The van der Waals surface area contributed by atoms with Crippen molar-refractivity contribution >= 4 is 35.1 Å². The van der Waals surface area contributed by atoms with E-state index in [1.807, 2.05) is 30.3 Å². The topological polar surface area (TPSA) is 81.9 Å². The highest BCUT2D eigenvalue weighted by Crippen LogP contribution is 2.24. The van der Waals surface area contributed by atoms with Gasteiger partial charge in [0.05, 0.1) is 10.8 Å². The van der Waals surface area contributed by atoms with Crippen molar-refractivity contribution in [2.75, 3.05) is 11.1 Å². The Morgan fingerprint density at radius 2 is 1.84 bits per heavy atom. The fourth-order valence-electron chi connectivity index (χ4n) is 2.79. The van der Waals surface area contributed by atoms with E-state index in [-0.39, 0.29) is 24.0 Å². The predicted molar refractivity (Wildman–Crippen MR) is 121 cm³/mol. The lowest BCUT2D eigenvalue weighted by Gasteiger charge is -2.11. The van der Waals surface area contributed by atoms with Crippen LogP contribution >= 0.6 is 23.4 Å². The molecular formula is C22H17ClFN5O2S. The van der Waals surface area contributed by atoms with Crippen molar-refractivity contribution in [2.24, 2.45) is 0 Å². The highest BCUT2D eigenvalue weighted by atomic mass is 35.5. The van der Waals surface area contributed by atoms with Crippen LogP contribution in [-0.4, -0.2) is 31.4 Å². The summed E-state index contributed by atoms with van der Waals surface area (Å²) in [5.41, 5.74) is 0.798. The molecule has 162 valence electrons. The zero-order valence-corrected chi connectivity index (χ0v) is 18.2. The summed E-state index contributed by atoms with van der Waals surface area (Å²) in [6, 6.07) is 18.8. The van der Waals surface area contributed by atoms with Gasteiger partial charge in [-0.1, -0.05) is 53.7 Å². The highest BCUT2D eigenvalue weighted by Gasteiger charge is 2.17. The lowest BCUT2D eigenvalue weighted by molar-refractivity contribution is -0.113. The van der Waals surface area contributed by atoms with Crippen LogP contribution in [0.4, 0.5) is 10.2 Å². The molecule has 2 aromatic heterocycles. The van der Waals surface area contributed by atoms with E-state index < -0.39 is 5.82 Å². The maximum absolute atomic E-state index is 13.9. The Labute approximate surface area is 192 Å². The molecule has 0 aliphatic rings.